The Morgan fingerprint density at radius 2 is 2.07 bits per heavy atom. The molecule has 1 aliphatic heterocycles. The minimum absolute atomic E-state index is 0. The van der Waals surface area contributed by atoms with E-state index < -0.39 is 0 Å². The maximum Gasteiger partial charge on any atom is 0.218 e. The summed E-state index contributed by atoms with van der Waals surface area (Å²) >= 11 is 5.72. The van der Waals surface area contributed by atoms with Gasteiger partial charge in [0.1, 0.15) is 17.6 Å². The van der Waals surface area contributed by atoms with E-state index in [1.807, 2.05) is 0 Å². The highest BCUT2D eigenvalue weighted by Gasteiger charge is 2.14. The van der Waals surface area contributed by atoms with Gasteiger partial charge in [-0.05, 0) is 25.9 Å². The third-order valence-electron chi connectivity index (χ3n) is 2.18. The van der Waals surface area contributed by atoms with Crippen LogP contribution in [0.15, 0.2) is 12.4 Å². The maximum absolute atomic E-state index is 5.72. The lowest BCUT2D eigenvalue weighted by molar-refractivity contribution is 0.155. The molecule has 2 rings (SSSR count). The van der Waals surface area contributed by atoms with Gasteiger partial charge < -0.3 is 10.1 Å². The summed E-state index contributed by atoms with van der Waals surface area (Å²) in [6.07, 6.45) is 3.70. The van der Waals surface area contributed by atoms with Crippen molar-refractivity contribution in [2.45, 2.75) is 18.9 Å². The lowest BCUT2D eigenvalue weighted by atomic mass is 10.1. The lowest BCUT2D eigenvalue weighted by Gasteiger charge is -2.22. The summed E-state index contributed by atoms with van der Waals surface area (Å²) in [7, 11) is 0. The van der Waals surface area contributed by atoms with Crippen molar-refractivity contribution >= 4 is 24.0 Å². The molecule has 6 heteroatoms. The van der Waals surface area contributed by atoms with Crippen LogP contribution in [0, 0.1) is 0 Å². The van der Waals surface area contributed by atoms with Crippen LogP contribution in [0.25, 0.3) is 0 Å². The highest BCUT2D eigenvalue weighted by Crippen LogP contribution is 2.15. The molecule has 4 nitrogen and oxygen atoms in total. The summed E-state index contributed by atoms with van der Waals surface area (Å²) < 4.78 is 5.66. The van der Waals surface area contributed by atoms with Gasteiger partial charge in [0.25, 0.3) is 0 Å². The van der Waals surface area contributed by atoms with E-state index in [-0.39, 0.29) is 18.5 Å². The predicted molar refractivity (Wildman–Crippen MR) is 60.8 cm³/mol. The standard InChI is InChI=1S/C9H12ClN3O.ClH/c10-8-5-9(13-6-12-8)14-7-1-3-11-4-2-7;/h5-7,11H,1-4H2;1H. The van der Waals surface area contributed by atoms with E-state index in [0.29, 0.717) is 11.0 Å². The van der Waals surface area contributed by atoms with E-state index in [0.717, 1.165) is 25.9 Å². The molecule has 0 aromatic carbocycles. The Hall–Kier alpha value is -0.580. The Bertz CT molecular complexity index is 305. The van der Waals surface area contributed by atoms with Gasteiger partial charge in [-0.2, -0.15) is 0 Å². The van der Waals surface area contributed by atoms with Gasteiger partial charge in [0.05, 0.1) is 0 Å². The number of nitrogens with zero attached hydrogens (tertiary/aromatic N) is 2. The SMILES string of the molecule is Cl.Clc1cc(OC2CCNCC2)ncn1. The second-order valence-electron chi connectivity index (χ2n) is 3.25. The summed E-state index contributed by atoms with van der Waals surface area (Å²) in [6, 6.07) is 1.64. The number of halogens is 2. The molecule has 1 aromatic heterocycles. The van der Waals surface area contributed by atoms with Crippen LogP contribution in [0.4, 0.5) is 0 Å². The first-order chi connectivity index (χ1) is 6.84. The molecule has 0 saturated carbocycles. The fraction of sp³-hybridized carbons (Fsp3) is 0.556. The van der Waals surface area contributed by atoms with Crippen molar-refractivity contribution in [1.82, 2.24) is 15.3 Å². The van der Waals surface area contributed by atoms with E-state index in [9.17, 15) is 0 Å². The molecule has 0 unspecified atom stereocenters. The van der Waals surface area contributed by atoms with Gasteiger partial charge in [0, 0.05) is 6.07 Å². The predicted octanol–water partition coefficient (Wildman–Crippen LogP) is 1.68. The second kappa shape index (κ2) is 6.10. The highest BCUT2D eigenvalue weighted by molar-refractivity contribution is 6.29. The Balaban J connectivity index is 0.00000112. The molecule has 15 heavy (non-hydrogen) atoms. The van der Waals surface area contributed by atoms with Gasteiger partial charge in [0.15, 0.2) is 0 Å². The monoisotopic (exact) mass is 249 g/mol. The van der Waals surface area contributed by atoms with Crippen LogP contribution < -0.4 is 10.1 Å². The number of hydrogen-bond donors (Lipinski definition) is 1. The molecular formula is C9H13Cl2N3O. The highest BCUT2D eigenvalue weighted by atomic mass is 35.5. The number of ether oxygens (including phenoxy) is 1. The van der Waals surface area contributed by atoms with Crippen LogP contribution in [0.1, 0.15) is 12.8 Å². The van der Waals surface area contributed by atoms with Crippen LogP contribution in [0.2, 0.25) is 5.15 Å². The minimum atomic E-state index is 0. The molecule has 1 N–H and O–H groups in total. The molecule has 0 atom stereocenters. The Kier molecular flexibility index (Phi) is 5.08. The van der Waals surface area contributed by atoms with Crippen molar-refractivity contribution in [2.24, 2.45) is 0 Å². The number of rotatable bonds is 2. The first-order valence-electron chi connectivity index (χ1n) is 4.69. The topological polar surface area (TPSA) is 47.0 Å². The zero-order chi connectivity index (χ0) is 9.80. The fourth-order valence-electron chi connectivity index (χ4n) is 1.47. The largest absolute Gasteiger partial charge is 0.474 e. The third-order valence-corrected chi connectivity index (χ3v) is 2.39. The van der Waals surface area contributed by atoms with Crippen LogP contribution in [-0.2, 0) is 0 Å². The second-order valence-corrected chi connectivity index (χ2v) is 3.63. The van der Waals surface area contributed by atoms with Gasteiger partial charge >= 0.3 is 0 Å². The van der Waals surface area contributed by atoms with Crippen LogP contribution >= 0.6 is 24.0 Å². The molecule has 0 spiro atoms. The van der Waals surface area contributed by atoms with E-state index in [1.165, 1.54) is 6.33 Å². The van der Waals surface area contributed by atoms with E-state index >= 15 is 0 Å². The minimum Gasteiger partial charge on any atom is -0.474 e. The summed E-state index contributed by atoms with van der Waals surface area (Å²) in [6.45, 7) is 2.01. The van der Waals surface area contributed by atoms with Gasteiger partial charge in [-0.25, -0.2) is 9.97 Å². The molecule has 0 aliphatic carbocycles. The van der Waals surface area contributed by atoms with E-state index in [4.69, 9.17) is 16.3 Å². The van der Waals surface area contributed by atoms with Crippen molar-refractivity contribution in [3.63, 3.8) is 0 Å². The van der Waals surface area contributed by atoms with Crippen molar-refractivity contribution in [2.75, 3.05) is 13.1 Å². The first-order valence-corrected chi connectivity index (χ1v) is 5.07. The van der Waals surface area contributed by atoms with Crippen LogP contribution in [0.5, 0.6) is 5.88 Å². The quantitative estimate of drug-likeness (QED) is 0.811. The van der Waals surface area contributed by atoms with Crippen molar-refractivity contribution in [1.29, 1.82) is 0 Å². The summed E-state index contributed by atoms with van der Waals surface area (Å²) in [5, 5.41) is 3.69. The number of aromatic nitrogens is 2. The molecule has 1 aromatic rings. The van der Waals surface area contributed by atoms with Gasteiger partial charge in [-0.1, -0.05) is 11.6 Å². The van der Waals surface area contributed by atoms with Crippen molar-refractivity contribution in [3.8, 4) is 5.88 Å². The van der Waals surface area contributed by atoms with Gasteiger partial charge in [-0.15, -0.1) is 12.4 Å². The maximum atomic E-state index is 5.72. The summed E-state index contributed by atoms with van der Waals surface area (Å²) in [4.78, 5) is 7.79. The van der Waals surface area contributed by atoms with E-state index in [1.54, 1.807) is 6.07 Å². The molecular weight excluding hydrogens is 237 g/mol. The lowest BCUT2D eigenvalue weighted by Crippen LogP contribution is -2.34. The molecule has 84 valence electrons. The molecule has 0 bridgehead atoms. The molecule has 2 heterocycles. The zero-order valence-electron chi connectivity index (χ0n) is 8.15. The smallest absolute Gasteiger partial charge is 0.218 e. The summed E-state index contributed by atoms with van der Waals surface area (Å²) in [5.74, 6) is 0.567. The normalized spacial score (nSPS) is 16.9. The Labute approximate surface area is 99.8 Å². The average molecular weight is 250 g/mol. The fourth-order valence-corrected chi connectivity index (χ4v) is 1.60. The van der Waals surface area contributed by atoms with E-state index in [2.05, 4.69) is 15.3 Å². The van der Waals surface area contributed by atoms with Crippen LogP contribution in [-0.4, -0.2) is 29.2 Å². The third kappa shape index (κ3) is 3.81. The first kappa shape index (κ1) is 12.5. The molecule has 1 fully saturated rings. The Morgan fingerprint density at radius 3 is 2.73 bits per heavy atom. The molecule has 1 aliphatic rings. The van der Waals surface area contributed by atoms with Crippen molar-refractivity contribution < 1.29 is 4.74 Å². The zero-order valence-corrected chi connectivity index (χ0v) is 9.72. The van der Waals surface area contributed by atoms with Crippen LogP contribution in [0.3, 0.4) is 0 Å². The molecule has 0 amide bonds. The van der Waals surface area contributed by atoms with Crippen molar-refractivity contribution in [3.05, 3.63) is 17.5 Å². The Morgan fingerprint density at radius 1 is 1.33 bits per heavy atom. The van der Waals surface area contributed by atoms with Gasteiger partial charge in [-0.3, -0.25) is 0 Å². The summed E-state index contributed by atoms with van der Waals surface area (Å²) in [5.41, 5.74) is 0. The van der Waals surface area contributed by atoms with Gasteiger partial charge in [0.2, 0.25) is 5.88 Å². The molecule has 0 radical (unpaired) electrons. The number of piperidine rings is 1. The average Bonchev–Trinajstić information content (AvgIpc) is 2.19. The molecule has 1 saturated heterocycles. The number of nitrogens with one attached hydrogen (secondary N) is 1. The number of hydrogen-bond acceptors (Lipinski definition) is 4.